The smallest absolute Gasteiger partial charge is 0.260 e. The van der Waals surface area contributed by atoms with Crippen molar-refractivity contribution in [1.82, 2.24) is 0 Å². The van der Waals surface area contributed by atoms with Crippen molar-refractivity contribution in [2.24, 2.45) is 0 Å². The molecule has 0 saturated carbocycles. The molecule has 6 nitrogen and oxygen atoms in total. The molecule has 0 radical (unpaired) electrons. The van der Waals surface area contributed by atoms with Gasteiger partial charge in [0, 0.05) is 10.2 Å². The molecule has 0 spiro atoms. The third-order valence-corrected chi connectivity index (χ3v) is 5.72. The summed E-state index contributed by atoms with van der Waals surface area (Å²) in [5.41, 5.74) is 1.85. The Balaban J connectivity index is 1.66. The summed E-state index contributed by atoms with van der Waals surface area (Å²) in [6.07, 6.45) is -0.216. The first-order valence-electron chi connectivity index (χ1n) is 9.47. The van der Waals surface area contributed by atoms with Crippen LogP contribution < -0.4 is 15.5 Å². The van der Waals surface area contributed by atoms with Crippen LogP contribution in [-0.2, 0) is 9.59 Å². The van der Waals surface area contributed by atoms with E-state index in [1.165, 1.54) is 4.90 Å². The highest BCUT2D eigenvalue weighted by Gasteiger charge is 2.39. The van der Waals surface area contributed by atoms with Crippen molar-refractivity contribution >= 4 is 62.3 Å². The van der Waals surface area contributed by atoms with E-state index in [9.17, 15) is 14.4 Å². The zero-order valence-electron chi connectivity index (χ0n) is 16.1. The molecule has 8 heteroatoms. The second-order valence-electron chi connectivity index (χ2n) is 6.94. The lowest BCUT2D eigenvalue weighted by Crippen LogP contribution is -2.52. The number of benzene rings is 3. The first-order valence-corrected chi connectivity index (χ1v) is 10.6. The zero-order chi connectivity index (χ0) is 22.0. The Morgan fingerprint density at radius 2 is 1.68 bits per heavy atom. The minimum atomic E-state index is -1.03. The number of nitrogens with one attached hydrogen (secondary N) is 2. The molecular formula is C23H17BrClN3O3. The molecule has 3 aromatic carbocycles. The van der Waals surface area contributed by atoms with Crippen LogP contribution in [0.1, 0.15) is 16.8 Å². The van der Waals surface area contributed by atoms with Gasteiger partial charge in [-0.25, -0.2) is 0 Å². The number of hydrogen-bond donors (Lipinski definition) is 2. The lowest BCUT2D eigenvalue weighted by atomic mass is 10.0. The first-order chi connectivity index (χ1) is 14.9. The monoisotopic (exact) mass is 497 g/mol. The maximum absolute atomic E-state index is 13.4. The van der Waals surface area contributed by atoms with Crippen LogP contribution in [0.2, 0.25) is 5.02 Å². The third kappa shape index (κ3) is 4.47. The van der Waals surface area contributed by atoms with Gasteiger partial charge in [-0.3, -0.25) is 19.3 Å². The number of hydrogen-bond acceptors (Lipinski definition) is 3. The topological polar surface area (TPSA) is 78.5 Å². The normalized spacial score (nSPS) is 15.1. The van der Waals surface area contributed by atoms with E-state index in [1.54, 1.807) is 72.8 Å². The van der Waals surface area contributed by atoms with Crippen LogP contribution in [-0.4, -0.2) is 23.8 Å². The molecule has 0 aromatic heterocycles. The Kier molecular flexibility index (Phi) is 6.06. The van der Waals surface area contributed by atoms with Gasteiger partial charge in [-0.05, 0) is 48.5 Å². The first kappa shape index (κ1) is 21.1. The molecule has 0 saturated heterocycles. The lowest BCUT2D eigenvalue weighted by molar-refractivity contribution is -0.122. The molecular weight excluding hydrogens is 482 g/mol. The van der Waals surface area contributed by atoms with Crippen molar-refractivity contribution in [2.75, 3.05) is 15.5 Å². The van der Waals surface area contributed by atoms with Gasteiger partial charge >= 0.3 is 0 Å². The zero-order valence-corrected chi connectivity index (χ0v) is 18.5. The summed E-state index contributed by atoms with van der Waals surface area (Å²) in [5.74, 6) is -1.28. The lowest BCUT2D eigenvalue weighted by Gasteiger charge is -2.36. The highest BCUT2D eigenvalue weighted by Crippen LogP contribution is 2.35. The molecule has 1 aliphatic rings. The maximum Gasteiger partial charge on any atom is 0.260 e. The Hall–Kier alpha value is -3.16. The van der Waals surface area contributed by atoms with E-state index in [-0.39, 0.29) is 22.9 Å². The van der Waals surface area contributed by atoms with E-state index in [2.05, 4.69) is 26.6 Å². The third-order valence-electron chi connectivity index (χ3n) is 4.87. The van der Waals surface area contributed by atoms with Crippen molar-refractivity contribution in [1.29, 1.82) is 0 Å². The van der Waals surface area contributed by atoms with Gasteiger partial charge in [0.2, 0.25) is 11.8 Å². The maximum atomic E-state index is 13.4. The van der Waals surface area contributed by atoms with E-state index in [0.29, 0.717) is 17.1 Å². The number of carbonyl (C=O) groups excluding carboxylic acids is 3. The van der Waals surface area contributed by atoms with E-state index in [4.69, 9.17) is 11.6 Å². The van der Waals surface area contributed by atoms with Crippen LogP contribution >= 0.6 is 27.5 Å². The van der Waals surface area contributed by atoms with Crippen molar-refractivity contribution in [3.8, 4) is 0 Å². The molecule has 31 heavy (non-hydrogen) atoms. The second-order valence-corrected chi connectivity index (χ2v) is 8.26. The summed E-state index contributed by atoms with van der Waals surface area (Å²) >= 11 is 9.59. The number of fused-ring (bicyclic) bond motifs is 1. The predicted molar refractivity (Wildman–Crippen MR) is 125 cm³/mol. The molecule has 3 aromatic rings. The van der Waals surface area contributed by atoms with Crippen molar-refractivity contribution in [3.63, 3.8) is 0 Å². The summed E-state index contributed by atoms with van der Waals surface area (Å²) in [4.78, 5) is 40.4. The SMILES string of the molecule is O=C(C[C@H]1C(=O)Nc2ccccc2N1C(=O)c1ccccc1Cl)Nc1ccc(Br)cc1. The highest BCUT2D eigenvalue weighted by atomic mass is 79.9. The van der Waals surface area contributed by atoms with Crippen LogP contribution in [0.15, 0.2) is 77.3 Å². The molecule has 156 valence electrons. The van der Waals surface area contributed by atoms with E-state index < -0.39 is 17.9 Å². The summed E-state index contributed by atoms with van der Waals surface area (Å²) < 4.78 is 0.880. The summed E-state index contributed by atoms with van der Waals surface area (Å²) in [6, 6.07) is 19.6. The number of para-hydroxylation sites is 2. The highest BCUT2D eigenvalue weighted by molar-refractivity contribution is 9.10. The number of nitrogens with zero attached hydrogens (tertiary/aromatic N) is 1. The summed E-state index contributed by atoms with van der Waals surface area (Å²) in [5, 5.41) is 5.83. The molecule has 2 N–H and O–H groups in total. The van der Waals surface area contributed by atoms with Crippen molar-refractivity contribution < 1.29 is 14.4 Å². The molecule has 0 fully saturated rings. The minimum Gasteiger partial charge on any atom is -0.326 e. The average molecular weight is 499 g/mol. The number of carbonyl (C=O) groups is 3. The fraction of sp³-hybridized carbons (Fsp3) is 0.0870. The van der Waals surface area contributed by atoms with Crippen molar-refractivity contribution in [2.45, 2.75) is 12.5 Å². The standard InChI is InChI=1S/C23H17BrClN3O3/c24-14-9-11-15(12-10-14)26-21(29)13-20-22(30)27-18-7-3-4-8-19(18)28(20)23(31)16-5-1-2-6-17(16)25/h1-12,20H,13H2,(H,26,29)(H,27,30)/t20-/m0/s1. The second kappa shape index (κ2) is 8.91. The predicted octanol–water partition coefficient (Wildman–Crippen LogP) is 5.10. The van der Waals surface area contributed by atoms with E-state index in [0.717, 1.165) is 4.47 Å². The van der Waals surface area contributed by atoms with Gasteiger partial charge < -0.3 is 10.6 Å². The summed E-state index contributed by atoms with van der Waals surface area (Å²) in [7, 11) is 0. The molecule has 1 heterocycles. The molecule has 4 rings (SSSR count). The van der Waals surface area contributed by atoms with Crippen LogP contribution in [0.5, 0.6) is 0 Å². The summed E-state index contributed by atoms with van der Waals surface area (Å²) in [6.45, 7) is 0. The van der Waals surface area contributed by atoms with Crippen LogP contribution in [0.3, 0.4) is 0 Å². The number of rotatable bonds is 4. The van der Waals surface area contributed by atoms with Gasteiger partial charge in [0.05, 0.1) is 28.4 Å². The Morgan fingerprint density at radius 3 is 2.42 bits per heavy atom. The molecule has 1 aliphatic heterocycles. The van der Waals surface area contributed by atoms with E-state index >= 15 is 0 Å². The number of amides is 3. The van der Waals surface area contributed by atoms with Crippen LogP contribution in [0.25, 0.3) is 0 Å². The van der Waals surface area contributed by atoms with Gasteiger partial charge in [-0.15, -0.1) is 0 Å². The van der Waals surface area contributed by atoms with Gasteiger partial charge in [0.25, 0.3) is 5.91 Å². The van der Waals surface area contributed by atoms with Crippen LogP contribution in [0, 0.1) is 0 Å². The Morgan fingerprint density at radius 1 is 1.00 bits per heavy atom. The molecule has 0 aliphatic carbocycles. The molecule has 1 atom stereocenters. The van der Waals surface area contributed by atoms with Gasteiger partial charge in [-0.2, -0.15) is 0 Å². The number of halogens is 2. The van der Waals surface area contributed by atoms with Gasteiger partial charge in [-0.1, -0.05) is 51.8 Å². The van der Waals surface area contributed by atoms with Crippen molar-refractivity contribution in [3.05, 3.63) is 87.9 Å². The number of anilines is 3. The van der Waals surface area contributed by atoms with E-state index in [1.807, 2.05) is 0 Å². The fourth-order valence-corrected chi connectivity index (χ4v) is 3.89. The van der Waals surface area contributed by atoms with Gasteiger partial charge in [0.15, 0.2) is 0 Å². The molecule has 3 amide bonds. The fourth-order valence-electron chi connectivity index (χ4n) is 3.41. The quantitative estimate of drug-likeness (QED) is 0.525. The molecule has 0 bridgehead atoms. The Bertz CT molecular complexity index is 1170. The largest absolute Gasteiger partial charge is 0.326 e. The minimum absolute atomic E-state index is 0.216. The molecule has 0 unspecified atom stereocenters. The van der Waals surface area contributed by atoms with Crippen LogP contribution in [0.4, 0.5) is 17.1 Å². The average Bonchev–Trinajstić information content (AvgIpc) is 2.76. The Labute approximate surface area is 192 Å². The van der Waals surface area contributed by atoms with Gasteiger partial charge in [0.1, 0.15) is 6.04 Å².